The highest BCUT2D eigenvalue weighted by atomic mass is 19.1. The van der Waals surface area contributed by atoms with Crippen molar-refractivity contribution in [2.24, 2.45) is 0 Å². The predicted octanol–water partition coefficient (Wildman–Crippen LogP) is 5.85. The van der Waals surface area contributed by atoms with Crippen molar-refractivity contribution in [3.8, 4) is 22.4 Å². The van der Waals surface area contributed by atoms with E-state index in [0.717, 1.165) is 10.8 Å². The van der Waals surface area contributed by atoms with Crippen LogP contribution in [-0.2, 0) is 0 Å². The van der Waals surface area contributed by atoms with E-state index in [2.05, 4.69) is 4.98 Å². The molecule has 4 rings (SSSR count). The van der Waals surface area contributed by atoms with E-state index in [0.29, 0.717) is 16.8 Å². The van der Waals surface area contributed by atoms with Crippen molar-refractivity contribution in [2.45, 2.75) is 0 Å². The summed E-state index contributed by atoms with van der Waals surface area (Å²) in [5.74, 6) is -1.17. The van der Waals surface area contributed by atoms with Crippen LogP contribution in [0.5, 0.6) is 0 Å². The average Bonchev–Trinajstić information content (AvgIpc) is 2.62. The number of pyridine rings is 1. The van der Waals surface area contributed by atoms with Gasteiger partial charge in [-0.05, 0) is 46.7 Å². The lowest BCUT2D eigenvalue weighted by Gasteiger charge is -2.10. The molecule has 3 heteroatoms. The monoisotopic (exact) mass is 317 g/mol. The Labute approximate surface area is 138 Å². The molecule has 0 bridgehead atoms. The van der Waals surface area contributed by atoms with Crippen LogP contribution in [0.15, 0.2) is 79.0 Å². The minimum Gasteiger partial charge on any atom is -0.256 e. The lowest BCUT2D eigenvalue weighted by Crippen LogP contribution is -1.95. The van der Waals surface area contributed by atoms with Gasteiger partial charge in [-0.25, -0.2) is 8.78 Å². The molecule has 0 saturated carbocycles. The summed E-state index contributed by atoms with van der Waals surface area (Å²) < 4.78 is 29.4. The summed E-state index contributed by atoms with van der Waals surface area (Å²) in [6.07, 6.45) is 1.59. The number of aromatic nitrogens is 1. The molecule has 0 aliphatic rings. The first-order valence-corrected chi connectivity index (χ1v) is 7.62. The number of hydrogen-bond acceptors (Lipinski definition) is 1. The van der Waals surface area contributed by atoms with Crippen LogP contribution in [0.25, 0.3) is 33.2 Å². The average molecular weight is 317 g/mol. The van der Waals surface area contributed by atoms with E-state index in [-0.39, 0.29) is 5.56 Å². The van der Waals surface area contributed by atoms with E-state index in [9.17, 15) is 4.39 Å². The molecule has 24 heavy (non-hydrogen) atoms. The Bertz CT molecular complexity index is 1030. The van der Waals surface area contributed by atoms with Gasteiger partial charge in [0.25, 0.3) is 0 Å². The van der Waals surface area contributed by atoms with Gasteiger partial charge in [-0.15, -0.1) is 0 Å². The fourth-order valence-electron chi connectivity index (χ4n) is 2.88. The Morgan fingerprint density at radius 3 is 2.29 bits per heavy atom. The van der Waals surface area contributed by atoms with Crippen LogP contribution in [0.1, 0.15) is 0 Å². The van der Waals surface area contributed by atoms with E-state index in [1.165, 1.54) is 12.1 Å². The molecule has 0 radical (unpaired) electrons. The van der Waals surface area contributed by atoms with Crippen molar-refractivity contribution >= 4 is 10.8 Å². The third-order valence-electron chi connectivity index (χ3n) is 4.07. The third-order valence-corrected chi connectivity index (χ3v) is 4.07. The van der Waals surface area contributed by atoms with Gasteiger partial charge < -0.3 is 0 Å². The molecule has 0 aliphatic heterocycles. The molecule has 1 aromatic heterocycles. The van der Waals surface area contributed by atoms with Crippen molar-refractivity contribution in [2.75, 3.05) is 0 Å². The molecule has 0 atom stereocenters. The summed E-state index contributed by atoms with van der Waals surface area (Å²) in [5.41, 5.74) is 1.27. The molecule has 3 aromatic carbocycles. The van der Waals surface area contributed by atoms with Crippen LogP contribution < -0.4 is 0 Å². The zero-order valence-electron chi connectivity index (χ0n) is 12.7. The molecule has 0 saturated heterocycles. The summed E-state index contributed by atoms with van der Waals surface area (Å²) in [5, 5.41) is 1.97. The Kier molecular flexibility index (Phi) is 3.54. The summed E-state index contributed by atoms with van der Waals surface area (Å²) in [6.45, 7) is 0. The molecule has 0 unspecified atom stereocenters. The molecule has 1 heterocycles. The predicted molar refractivity (Wildman–Crippen MR) is 92.5 cm³/mol. The van der Waals surface area contributed by atoms with Crippen molar-refractivity contribution in [3.05, 3.63) is 90.6 Å². The van der Waals surface area contributed by atoms with Gasteiger partial charge in [0.1, 0.15) is 11.6 Å². The molecule has 0 amide bonds. The third kappa shape index (κ3) is 2.44. The van der Waals surface area contributed by atoms with Gasteiger partial charge in [-0.3, -0.25) is 4.98 Å². The standard InChI is InChI=1S/C21H13F2N/c22-18-11-10-17(19-7-3-4-12-24-19)21(23)20(18)16-9-8-14-5-1-2-6-15(14)13-16/h1-13H. The van der Waals surface area contributed by atoms with E-state index in [1.54, 1.807) is 36.5 Å². The van der Waals surface area contributed by atoms with Crippen LogP contribution in [0.2, 0.25) is 0 Å². The molecule has 0 fully saturated rings. The maximum absolute atomic E-state index is 15.0. The van der Waals surface area contributed by atoms with Gasteiger partial charge in [-0.2, -0.15) is 0 Å². The Balaban J connectivity index is 1.93. The van der Waals surface area contributed by atoms with Crippen LogP contribution in [0.3, 0.4) is 0 Å². The molecule has 0 aliphatic carbocycles. The van der Waals surface area contributed by atoms with Gasteiger partial charge in [0, 0.05) is 11.8 Å². The van der Waals surface area contributed by atoms with Crippen LogP contribution in [0.4, 0.5) is 8.78 Å². The normalized spacial score (nSPS) is 10.9. The first-order chi connectivity index (χ1) is 11.7. The summed E-state index contributed by atoms with van der Waals surface area (Å²) in [6, 6.07) is 21.1. The van der Waals surface area contributed by atoms with Gasteiger partial charge in [0.2, 0.25) is 0 Å². The van der Waals surface area contributed by atoms with Gasteiger partial charge >= 0.3 is 0 Å². The lowest BCUT2D eigenvalue weighted by atomic mass is 9.97. The Hall–Kier alpha value is -3.07. The van der Waals surface area contributed by atoms with Crippen molar-refractivity contribution < 1.29 is 8.78 Å². The van der Waals surface area contributed by atoms with E-state index >= 15 is 4.39 Å². The largest absolute Gasteiger partial charge is 0.256 e. The second-order valence-electron chi connectivity index (χ2n) is 5.56. The van der Waals surface area contributed by atoms with Gasteiger partial charge in [0.15, 0.2) is 0 Å². The first kappa shape index (κ1) is 14.5. The quantitative estimate of drug-likeness (QED) is 0.452. The van der Waals surface area contributed by atoms with Gasteiger partial charge in [0.05, 0.1) is 11.3 Å². The molecular formula is C21H13F2N. The summed E-state index contributed by atoms with van der Waals surface area (Å²) >= 11 is 0. The van der Waals surface area contributed by atoms with E-state index in [1.807, 2.05) is 30.3 Å². The van der Waals surface area contributed by atoms with E-state index in [4.69, 9.17) is 0 Å². The highest BCUT2D eigenvalue weighted by Crippen LogP contribution is 2.33. The highest BCUT2D eigenvalue weighted by molar-refractivity contribution is 5.88. The molecular weight excluding hydrogens is 304 g/mol. The lowest BCUT2D eigenvalue weighted by molar-refractivity contribution is 0.591. The zero-order chi connectivity index (χ0) is 16.5. The minimum absolute atomic E-state index is 0.0242. The number of benzene rings is 3. The fourth-order valence-corrected chi connectivity index (χ4v) is 2.88. The summed E-state index contributed by atoms with van der Waals surface area (Å²) in [4.78, 5) is 4.16. The number of fused-ring (bicyclic) bond motifs is 1. The Morgan fingerprint density at radius 2 is 1.50 bits per heavy atom. The SMILES string of the molecule is Fc1ccc(-c2ccccn2)c(F)c1-c1ccc2ccccc2c1. The maximum atomic E-state index is 15.0. The van der Waals surface area contributed by atoms with Crippen LogP contribution in [0, 0.1) is 11.6 Å². The molecule has 1 nitrogen and oxygen atoms in total. The molecule has 116 valence electrons. The van der Waals surface area contributed by atoms with Crippen LogP contribution in [-0.4, -0.2) is 4.98 Å². The fraction of sp³-hybridized carbons (Fsp3) is 0. The minimum atomic E-state index is -0.594. The zero-order valence-corrected chi connectivity index (χ0v) is 12.7. The van der Waals surface area contributed by atoms with Gasteiger partial charge in [-0.1, -0.05) is 42.5 Å². The summed E-state index contributed by atoms with van der Waals surface area (Å²) in [7, 11) is 0. The molecule has 0 spiro atoms. The van der Waals surface area contributed by atoms with Crippen molar-refractivity contribution in [1.82, 2.24) is 4.98 Å². The smallest absolute Gasteiger partial charge is 0.143 e. The van der Waals surface area contributed by atoms with Crippen LogP contribution >= 0.6 is 0 Å². The topological polar surface area (TPSA) is 12.9 Å². The number of rotatable bonds is 2. The second-order valence-corrected chi connectivity index (χ2v) is 5.56. The number of hydrogen-bond donors (Lipinski definition) is 0. The molecule has 0 N–H and O–H groups in total. The van der Waals surface area contributed by atoms with E-state index < -0.39 is 11.6 Å². The number of halogens is 2. The van der Waals surface area contributed by atoms with Crippen molar-refractivity contribution in [3.63, 3.8) is 0 Å². The molecule has 4 aromatic rings. The van der Waals surface area contributed by atoms with Crippen molar-refractivity contribution in [1.29, 1.82) is 0 Å². The second kappa shape index (κ2) is 5.85. The number of nitrogens with zero attached hydrogens (tertiary/aromatic N) is 1. The maximum Gasteiger partial charge on any atom is 0.143 e. The highest BCUT2D eigenvalue weighted by Gasteiger charge is 2.17. The first-order valence-electron chi connectivity index (χ1n) is 7.62. The Morgan fingerprint density at radius 1 is 0.708 bits per heavy atom.